The number of allylic oxidation sites excluding steroid dienone is 4. The summed E-state index contributed by atoms with van der Waals surface area (Å²) in [5.74, 6) is 1.36. The molecule has 0 radical (unpaired) electrons. The smallest absolute Gasteiger partial charge is 0.323 e. The molecule has 7 nitrogen and oxygen atoms in total. The molecule has 266 valence electrons. The van der Waals surface area contributed by atoms with Gasteiger partial charge in [0.25, 0.3) is 0 Å². The zero-order valence-corrected chi connectivity index (χ0v) is 31.7. The highest BCUT2D eigenvalue weighted by atomic mass is 16.6. The maximum atomic E-state index is 12.8. The number of carbonyl (C=O) groups is 2. The Morgan fingerprint density at radius 1 is 1.09 bits per heavy atom. The van der Waals surface area contributed by atoms with E-state index in [9.17, 15) is 9.59 Å². The second-order valence-corrected chi connectivity index (χ2v) is 13.7. The van der Waals surface area contributed by atoms with Crippen LogP contribution in [-0.2, 0) is 30.3 Å². The van der Waals surface area contributed by atoms with Crippen LogP contribution in [0.4, 0.5) is 5.69 Å². The van der Waals surface area contributed by atoms with E-state index >= 15 is 0 Å². The Labute approximate surface area is 287 Å². The van der Waals surface area contributed by atoms with Crippen LogP contribution >= 0.6 is 0 Å². The van der Waals surface area contributed by atoms with Gasteiger partial charge in [-0.25, -0.2) is 0 Å². The van der Waals surface area contributed by atoms with E-state index in [2.05, 4.69) is 65.1 Å². The summed E-state index contributed by atoms with van der Waals surface area (Å²) in [6.07, 6.45) is 9.24. The minimum atomic E-state index is -0.408. The van der Waals surface area contributed by atoms with Crippen LogP contribution in [0, 0.1) is 30.6 Å². The number of ketones is 1. The number of rotatable bonds is 17. The van der Waals surface area contributed by atoms with E-state index in [1.165, 1.54) is 19.3 Å². The van der Waals surface area contributed by atoms with E-state index in [4.69, 9.17) is 19.2 Å². The largest absolute Gasteiger partial charge is 0.459 e. The molecule has 1 saturated heterocycles. The molecule has 0 bridgehead atoms. The molecule has 1 aromatic rings. The molecule has 0 spiro atoms. The van der Waals surface area contributed by atoms with Gasteiger partial charge in [0.15, 0.2) is 5.78 Å². The maximum Gasteiger partial charge on any atom is 0.323 e. The summed E-state index contributed by atoms with van der Waals surface area (Å²) >= 11 is 0. The van der Waals surface area contributed by atoms with E-state index in [1.54, 1.807) is 7.11 Å². The molecule has 3 unspecified atom stereocenters. The number of ether oxygens (including phenoxy) is 3. The standard InChI is InChI=1S/C33H52N2O4.C7H14O/c1-12-23(7)31(28(13-2)17-25(9)32(36)22(5)6)35-29-18-27(15-14-24(29)8)19-34-30(16-21(3)4)33(37)39-26(10)20-38-11;1-2-7-3-5-8-6-4-7/h13-15,17-18,21-23,26,30,34H,12,16,19-20H2,1-11H3;7H,2-6H2,1H3/b25-17-,28-13+,35-31?;. The van der Waals surface area contributed by atoms with Crippen LogP contribution in [0.5, 0.6) is 0 Å². The van der Waals surface area contributed by atoms with Crippen molar-refractivity contribution in [3.8, 4) is 0 Å². The summed E-state index contributed by atoms with van der Waals surface area (Å²) in [6, 6.07) is 5.81. The molecule has 1 aromatic carbocycles. The highest BCUT2D eigenvalue weighted by Crippen LogP contribution is 2.26. The highest BCUT2D eigenvalue weighted by molar-refractivity contribution is 6.07. The van der Waals surface area contributed by atoms with Crippen molar-refractivity contribution in [1.82, 2.24) is 5.32 Å². The molecular formula is C40H66N2O5. The number of hydrogen-bond donors (Lipinski definition) is 1. The van der Waals surface area contributed by atoms with E-state index in [-0.39, 0.29) is 29.7 Å². The first kappa shape index (κ1) is 42.4. The van der Waals surface area contributed by atoms with E-state index < -0.39 is 6.04 Å². The summed E-state index contributed by atoms with van der Waals surface area (Å²) in [5.41, 5.74) is 5.69. The van der Waals surface area contributed by atoms with Gasteiger partial charge in [-0.2, -0.15) is 0 Å². The Balaban J connectivity index is 0.00000119. The predicted octanol–water partition coefficient (Wildman–Crippen LogP) is 9.14. The lowest BCUT2D eigenvalue weighted by Gasteiger charge is -2.22. The lowest BCUT2D eigenvalue weighted by Crippen LogP contribution is -2.40. The van der Waals surface area contributed by atoms with Crippen LogP contribution in [0.3, 0.4) is 0 Å². The molecule has 0 aromatic heterocycles. The van der Waals surface area contributed by atoms with Crippen LogP contribution in [-0.4, -0.2) is 56.5 Å². The fourth-order valence-corrected chi connectivity index (χ4v) is 5.41. The lowest BCUT2D eigenvalue weighted by molar-refractivity contribution is -0.153. The van der Waals surface area contributed by atoms with Crippen LogP contribution in [0.25, 0.3) is 0 Å². The zero-order valence-electron chi connectivity index (χ0n) is 31.7. The minimum Gasteiger partial charge on any atom is -0.459 e. The first-order chi connectivity index (χ1) is 22.3. The second kappa shape index (κ2) is 22.9. The summed E-state index contributed by atoms with van der Waals surface area (Å²) in [7, 11) is 1.60. The Kier molecular flexibility index (Phi) is 20.6. The highest BCUT2D eigenvalue weighted by Gasteiger charge is 2.23. The number of benzene rings is 1. The Bertz CT molecular complexity index is 1180. The Hall–Kier alpha value is -2.61. The van der Waals surface area contributed by atoms with Crippen LogP contribution < -0.4 is 5.32 Å². The Morgan fingerprint density at radius 3 is 2.26 bits per heavy atom. The minimum absolute atomic E-state index is 0.0465. The SMILES string of the molecule is C/C=C(\C=C(\C)C(=O)C(C)C)C(=Nc1cc(CNC(CC(C)C)C(=O)OC(C)COC)ccc1C)C(C)CC.CCC1CCOCC1. The summed E-state index contributed by atoms with van der Waals surface area (Å²) in [6.45, 7) is 25.3. The third-order valence-electron chi connectivity index (χ3n) is 8.67. The number of methoxy groups -OCH3 is 1. The van der Waals surface area contributed by atoms with Gasteiger partial charge >= 0.3 is 5.97 Å². The summed E-state index contributed by atoms with van der Waals surface area (Å²) < 4.78 is 15.9. The van der Waals surface area contributed by atoms with Gasteiger partial charge < -0.3 is 19.5 Å². The molecule has 1 fully saturated rings. The van der Waals surface area contributed by atoms with Crippen molar-refractivity contribution in [2.24, 2.45) is 28.7 Å². The molecule has 1 aliphatic rings. The molecule has 1 N–H and O–H groups in total. The number of carbonyl (C=O) groups excluding carboxylic acids is 2. The number of nitrogens with zero attached hydrogens (tertiary/aromatic N) is 1. The van der Waals surface area contributed by atoms with Crippen molar-refractivity contribution in [3.63, 3.8) is 0 Å². The van der Waals surface area contributed by atoms with Gasteiger partial charge in [-0.1, -0.05) is 73.1 Å². The van der Waals surface area contributed by atoms with Gasteiger partial charge in [0.1, 0.15) is 12.1 Å². The average molecular weight is 655 g/mol. The quantitative estimate of drug-likeness (QED) is 0.0780. The number of hydrogen-bond acceptors (Lipinski definition) is 7. The van der Waals surface area contributed by atoms with Gasteiger partial charge in [-0.05, 0) is 106 Å². The third-order valence-corrected chi connectivity index (χ3v) is 8.67. The Morgan fingerprint density at radius 2 is 1.74 bits per heavy atom. The van der Waals surface area contributed by atoms with Gasteiger partial charge in [0.2, 0.25) is 0 Å². The third kappa shape index (κ3) is 15.9. The summed E-state index contributed by atoms with van der Waals surface area (Å²) in [4.78, 5) is 30.6. The van der Waals surface area contributed by atoms with Gasteiger partial charge in [0, 0.05) is 32.8 Å². The van der Waals surface area contributed by atoms with Crippen molar-refractivity contribution in [3.05, 3.63) is 52.6 Å². The van der Waals surface area contributed by atoms with Crippen molar-refractivity contribution >= 4 is 23.2 Å². The topological polar surface area (TPSA) is 86.2 Å². The van der Waals surface area contributed by atoms with E-state index in [0.717, 1.165) is 59.2 Å². The maximum absolute atomic E-state index is 12.8. The molecule has 3 atom stereocenters. The van der Waals surface area contributed by atoms with Crippen molar-refractivity contribution in [2.75, 3.05) is 26.9 Å². The normalized spacial score (nSPS) is 16.9. The number of esters is 1. The predicted molar refractivity (Wildman–Crippen MR) is 196 cm³/mol. The van der Waals surface area contributed by atoms with Gasteiger partial charge in [-0.3, -0.25) is 14.6 Å². The molecule has 47 heavy (non-hydrogen) atoms. The number of aryl methyl sites for hydroxylation is 1. The van der Waals surface area contributed by atoms with E-state index in [1.807, 2.05) is 46.8 Å². The molecule has 1 aliphatic heterocycles. The van der Waals surface area contributed by atoms with Crippen molar-refractivity contribution in [1.29, 1.82) is 0 Å². The van der Waals surface area contributed by atoms with Gasteiger partial charge in [0.05, 0.1) is 18.0 Å². The molecule has 0 amide bonds. The molecular weight excluding hydrogens is 588 g/mol. The van der Waals surface area contributed by atoms with Crippen LogP contribution in [0.1, 0.15) is 112 Å². The number of aliphatic imine (C=N–C) groups is 1. The fraction of sp³-hybridized carbons (Fsp3) is 0.675. The fourth-order valence-electron chi connectivity index (χ4n) is 5.41. The molecule has 0 aliphatic carbocycles. The summed E-state index contributed by atoms with van der Waals surface area (Å²) in [5, 5.41) is 3.41. The monoisotopic (exact) mass is 654 g/mol. The molecule has 2 rings (SSSR count). The number of nitrogens with one attached hydrogen (secondary N) is 1. The first-order valence-electron chi connectivity index (χ1n) is 17.8. The molecule has 1 heterocycles. The first-order valence-corrected chi connectivity index (χ1v) is 17.8. The lowest BCUT2D eigenvalue weighted by atomic mass is 9.92. The molecule has 7 heteroatoms. The van der Waals surface area contributed by atoms with E-state index in [0.29, 0.717) is 25.5 Å². The molecule has 0 saturated carbocycles. The van der Waals surface area contributed by atoms with Crippen LogP contribution in [0.2, 0.25) is 0 Å². The van der Waals surface area contributed by atoms with Gasteiger partial charge in [-0.15, -0.1) is 0 Å². The van der Waals surface area contributed by atoms with Crippen LogP contribution in [0.15, 0.2) is 46.5 Å². The average Bonchev–Trinajstić information content (AvgIpc) is 3.05. The van der Waals surface area contributed by atoms with Crippen molar-refractivity contribution < 1.29 is 23.8 Å². The second-order valence-electron chi connectivity index (χ2n) is 13.7. The van der Waals surface area contributed by atoms with Crippen molar-refractivity contribution in [2.45, 2.75) is 127 Å². The zero-order chi connectivity index (χ0) is 35.5. The number of Topliss-reactive ketones (excluding diaryl/α,β-unsaturated/α-hetero) is 1.